The van der Waals surface area contributed by atoms with Crippen LogP contribution < -0.4 is 5.32 Å². The molecule has 1 heterocycles. The van der Waals surface area contributed by atoms with Crippen molar-refractivity contribution in [3.63, 3.8) is 0 Å². The minimum Gasteiger partial charge on any atom is -0.377 e. The van der Waals surface area contributed by atoms with Crippen molar-refractivity contribution in [1.82, 2.24) is 20.2 Å². The maximum absolute atomic E-state index is 12.3. The molecule has 0 aliphatic carbocycles. The highest BCUT2D eigenvalue weighted by Crippen LogP contribution is 2.17. The van der Waals surface area contributed by atoms with Crippen molar-refractivity contribution < 1.29 is 9.53 Å². The highest BCUT2D eigenvalue weighted by atomic mass is 16.5. The average molecular weight is 337 g/mol. The molecular formula is C18H19N5O2. The Hall–Kier alpha value is -3.06. The van der Waals surface area contributed by atoms with E-state index < -0.39 is 0 Å². The summed E-state index contributed by atoms with van der Waals surface area (Å²) in [5.74, 6) is -0.0703. The minimum atomic E-state index is -0.0703. The zero-order chi connectivity index (χ0) is 17.5. The van der Waals surface area contributed by atoms with E-state index in [0.29, 0.717) is 19.6 Å². The van der Waals surface area contributed by atoms with E-state index in [2.05, 4.69) is 20.8 Å². The van der Waals surface area contributed by atoms with E-state index in [9.17, 15) is 4.79 Å². The van der Waals surface area contributed by atoms with Crippen LogP contribution in [0.25, 0.3) is 5.69 Å². The van der Waals surface area contributed by atoms with Crippen molar-refractivity contribution in [2.75, 3.05) is 11.9 Å². The van der Waals surface area contributed by atoms with Crippen LogP contribution in [0.5, 0.6) is 0 Å². The highest BCUT2D eigenvalue weighted by Gasteiger charge is 2.08. The molecule has 0 saturated carbocycles. The third kappa shape index (κ3) is 4.48. The molecule has 0 unspecified atom stereocenters. The second-order valence-corrected chi connectivity index (χ2v) is 5.44. The molecule has 0 aliphatic heterocycles. The number of aromatic nitrogens is 4. The maximum atomic E-state index is 12.3. The third-order valence-corrected chi connectivity index (χ3v) is 3.67. The Morgan fingerprint density at radius 2 is 1.96 bits per heavy atom. The molecule has 1 amide bonds. The molecule has 128 valence electrons. The van der Waals surface area contributed by atoms with Gasteiger partial charge in [-0.15, -0.1) is 5.10 Å². The Labute approximate surface area is 145 Å². The molecule has 0 aliphatic rings. The van der Waals surface area contributed by atoms with Crippen LogP contribution in [0.4, 0.5) is 5.69 Å². The number of nitrogens with one attached hydrogen (secondary N) is 1. The van der Waals surface area contributed by atoms with Crippen molar-refractivity contribution in [1.29, 1.82) is 0 Å². The minimum absolute atomic E-state index is 0.0703. The lowest BCUT2D eigenvalue weighted by Crippen LogP contribution is -2.16. The molecule has 0 radical (unpaired) electrons. The van der Waals surface area contributed by atoms with Crippen LogP contribution in [-0.2, 0) is 22.6 Å². The summed E-state index contributed by atoms with van der Waals surface area (Å²) in [7, 11) is 0. The van der Waals surface area contributed by atoms with E-state index >= 15 is 0 Å². The number of hydrogen-bond acceptors (Lipinski definition) is 5. The van der Waals surface area contributed by atoms with Gasteiger partial charge >= 0.3 is 0 Å². The van der Waals surface area contributed by atoms with Gasteiger partial charge in [-0.3, -0.25) is 4.79 Å². The highest BCUT2D eigenvalue weighted by molar-refractivity contribution is 5.93. The van der Waals surface area contributed by atoms with Crippen LogP contribution >= 0.6 is 0 Å². The first-order valence-electron chi connectivity index (χ1n) is 8.04. The summed E-state index contributed by atoms with van der Waals surface area (Å²) < 4.78 is 7.00. The van der Waals surface area contributed by atoms with Crippen molar-refractivity contribution in [3.8, 4) is 5.69 Å². The molecule has 7 heteroatoms. The SMILES string of the molecule is CCOCc1ccccc1NC(=O)Cc1ccc(-n2cnnn2)cc1. The summed E-state index contributed by atoms with van der Waals surface area (Å²) in [4.78, 5) is 12.3. The summed E-state index contributed by atoms with van der Waals surface area (Å²) in [6, 6.07) is 15.2. The van der Waals surface area contributed by atoms with E-state index in [1.807, 2.05) is 55.5 Å². The van der Waals surface area contributed by atoms with Crippen molar-refractivity contribution in [2.45, 2.75) is 20.0 Å². The Kier molecular flexibility index (Phi) is 5.48. The number of anilines is 1. The smallest absolute Gasteiger partial charge is 0.228 e. The number of carbonyl (C=O) groups is 1. The predicted molar refractivity (Wildman–Crippen MR) is 93.3 cm³/mol. The molecule has 2 aromatic carbocycles. The van der Waals surface area contributed by atoms with Crippen LogP contribution in [0.1, 0.15) is 18.1 Å². The number of rotatable bonds is 7. The summed E-state index contributed by atoms with van der Waals surface area (Å²) in [6.45, 7) is 3.06. The van der Waals surface area contributed by atoms with Crippen LogP contribution in [0.2, 0.25) is 0 Å². The van der Waals surface area contributed by atoms with Gasteiger partial charge in [-0.2, -0.15) is 0 Å². The Bertz CT molecular complexity index is 816. The van der Waals surface area contributed by atoms with Crippen molar-refractivity contribution in [3.05, 3.63) is 66.0 Å². The summed E-state index contributed by atoms with van der Waals surface area (Å²) >= 11 is 0. The molecule has 0 spiro atoms. The topological polar surface area (TPSA) is 81.9 Å². The summed E-state index contributed by atoms with van der Waals surface area (Å²) in [5, 5.41) is 14.0. The number of ether oxygens (including phenoxy) is 1. The lowest BCUT2D eigenvalue weighted by atomic mass is 10.1. The quantitative estimate of drug-likeness (QED) is 0.716. The van der Waals surface area contributed by atoms with Gasteiger partial charge in [0, 0.05) is 17.9 Å². The number of benzene rings is 2. The lowest BCUT2D eigenvalue weighted by Gasteiger charge is -2.11. The molecule has 0 atom stereocenters. The van der Waals surface area contributed by atoms with Gasteiger partial charge in [0.15, 0.2) is 0 Å². The Balaban J connectivity index is 1.63. The number of amides is 1. The van der Waals surface area contributed by atoms with E-state index in [0.717, 1.165) is 22.5 Å². The Morgan fingerprint density at radius 1 is 1.16 bits per heavy atom. The van der Waals surface area contributed by atoms with E-state index in [1.165, 1.54) is 6.33 Å². The molecule has 1 aromatic heterocycles. The number of nitrogens with zero attached hydrogens (tertiary/aromatic N) is 4. The first kappa shape index (κ1) is 16.8. The zero-order valence-electron chi connectivity index (χ0n) is 13.9. The van der Waals surface area contributed by atoms with Gasteiger partial charge < -0.3 is 10.1 Å². The molecule has 0 bridgehead atoms. The second-order valence-electron chi connectivity index (χ2n) is 5.44. The van der Waals surface area contributed by atoms with E-state index in [1.54, 1.807) is 4.68 Å². The molecule has 25 heavy (non-hydrogen) atoms. The number of tetrazole rings is 1. The fourth-order valence-electron chi connectivity index (χ4n) is 2.41. The van der Waals surface area contributed by atoms with Crippen LogP contribution in [0, 0.1) is 0 Å². The zero-order valence-corrected chi connectivity index (χ0v) is 13.9. The van der Waals surface area contributed by atoms with Gasteiger partial charge in [-0.05, 0) is 41.1 Å². The molecule has 3 aromatic rings. The average Bonchev–Trinajstić information content (AvgIpc) is 3.16. The van der Waals surface area contributed by atoms with Gasteiger partial charge in [0.05, 0.1) is 18.7 Å². The van der Waals surface area contributed by atoms with Crippen LogP contribution in [-0.4, -0.2) is 32.7 Å². The van der Waals surface area contributed by atoms with Crippen molar-refractivity contribution >= 4 is 11.6 Å². The molecule has 0 saturated heterocycles. The molecule has 1 N–H and O–H groups in total. The monoisotopic (exact) mass is 337 g/mol. The van der Waals surface area contributed by atoms with E-state index in [-0.39, 0.29) is 5.91 Å². The van der Waals surface area contributed by atoms with Gasteiger partial charge in [0.1, 0.15) is 6.33 Å². The first-order chi connectivity index (χ1) is 12.3. The largest absolute Gasteiger partial charge is 0.377 e. The molecule has 0 fully saturated rings. The predicted octanol–water partition coefficient (Wildman–Crippen LogP) is 2.38. The van der Waals surface area contributed by atoms with Crippen molar-refractivity contribution in [2.24, 2.45) is 0 Å². The van der Waals surface area contributed by atoms with Gasteiger partial charge in [0.2, 0.25) is 5.91 Å². The summed E-state index contributed by atoms with van der Waals surface area (Å²) in [6.07, 6.45) is 1.82. The molecule has 3 rings (SSSR count). The lowest BCUT2D eigenvalue weighted by molar-refractivity contribution is -0.115. The Morgan fingerprint density at radius 3 is 2.68 bits per heavy atom. The maximum Gasteiger partial charge on any atom is 0.228 e. The fraction of sp³-hybridized carbons (Fsp3) is 0.222. The van der Waals surface area contributed by atoms with Gasteiger partial charge in [-0.1, -0.05) is 30.3 Å². The van der Waals surface area contributed by atoms with Gasteiger partial charge in [-0.25, -0.2) is 4.68 Å². The first-order valence-corrected chi connectivity index (χ1v) is 8.04. The third-order valence-electron chi connectivity index (χ3n) is 3.67. The molecular weight excluding hydrogens is 318 g/mol. The van der Waals surface area contributed by atoms with Crippen LogP contribution in [0.15, 0.2) is 54.9 Å². The standard InChI is InChI=1S/C18H19N5O2/c1-2-25-12-15-5-3-4-6-17(15)20-18(24)11-14-7-9-16(10-8-14)23-13-19-21-22-23/h3-10,13H,2,11-12H2,1H3,(H,20,24). The van der Waals surface area contributed by atoms with E-state index in [4.69, 9.17) is 4.74 Å². The normalized spacial score (nSPS) is 10.6. The fourth-order valence-corrected chi connectivity index (χ4v) is 2.41. The number of carbonyl (C=O) groups excluding carboxylic acids is 1. The van der Waals surface area contributed by atoms with Gasteiger partial charge in [0.25, 0.3) is 0 Å². The van der Waals surface area contributed by atoms with Crippen LogP contribution in [0.3, 0.4) is 0 Å². The summed E-state index contributed by atoms with van der Waals surface area (Å²) in [5.41, 5.74) is 3.51. The second kappa shape index (κ2) is 8.16. The molecule has 7 nitrogen and oxygen atoms in total. The number of hydrogen-bond donors (Lipinski definition) is 1. The number of para-hydroxylation sites is 1.